The van der Waals surface area contributed by atoms with Crippen LogP contribution in [-0.4, -0.2) is 35.0 Å². The second kappa shape index (κ2) is 8.29. The summed E-state index contributed by atoms with van der Waals surface area (Å²) in [5.74, 6) is -0.0488. The van der Waals surface area contributed by atoms with E-state index in [4.69, 9.17) is 4.74 Å². The van der Waals surface area contributed by atoms with Crippen LogP contribution in [0.4, 0.5) is 0 Å². The van der Waals surface area contributed by atoms with Crippen LogP contribution in [0, 0.1) is 0 Å². The van der Waals surface area contributed by atoms with Crippen LogP contribution in [0.15, 0.2) is 46.6 Å². The zero-order valence-electron chi connectivity index (χ0n) is 15.9. The summed E-state index contributed by atoms with van der Waals surface area (Å²) in [6.45, 7) is 3.63. The van der Waals surface area contributed by atoms with Crippen LogP contribution in [0.5, 0.6) is 0 Å². The minimum atomic E-state index is -0.145. The minimum Gasteiger partial charge on any atom is -0.376 e. The van der Waals surface area contributed by atoms with Gasteiger partial charge in [0.15, 0.2) is 0 Å². The molecule has 1 amide bonds. The molecule has 1 saturated heterocycles. The smallest absolute Gasteiger partial charge is 0.264 e. The number of fused-ring (bicyclic) bond motifs is 1. The van der Waals surface area contributed by atoms with Crippen molar-refractivity contribution in [2.24, 2.45) is 0 Å². The van der Waals surface area contributed by atoms with Gasteiger partial charge in [0.1, 0.15) is 0 Å². The van der Waals surface area contributed by atoms with E-state index in [-0.39, 0.29) is 24.1 Å². The maximum Gasteiger partial charge on any atom is 0.264 e. The average Bonchev–Trinajstić information content (AvgIpc) is 3.41. The molecule has 2 aromatic heterocycles. The van der Waals surface area contributed by atoms with E-state index in [2.05, 4.69) is 18.0 Å². The molecule has 3 aromatic rings. The topological polar surface area (TPSA) is 62.4 Å². The van der Waals surface area contributed by atoms with E-state index < -0.39 is 0 Å². The Morgan fingerprint density at radius 3 is 2.93 bits per heavy atom. The summed E-state index contributed by atoms with van der Waals surface area (Å²) < 4.78 is 5.74. The van der Waals surface area contributed by atoms with Crippen molar-refractivity contribution in [3.8, 4) is 0 Å². The Balaban J connectivity index is 1.65. The number of hydrogen-bond donors (Lipinski definition) is 1. The van der Waals surface area contributed by atoms with Crippen LogP contribution in [0.25, 0.3) is 10.9 Å². The van der Waals surface area contributed by atoms with Gasteiger partial charge in [-0.3, -0.25) is 9.59 Å². The van der Waals surface area contributed by atoms with Crippen molar-refractivity contribution < 1.29 is 9.53 Å². The van der Waals surface area contributed by atoms with Gasteiger partial charge in [0.2, 0.25) is 0 Å². The van der Waals surface area contributed by atoms with Crippen LogP contribution >= 0.6 is 11.3 Å². The number of hydrogen-bond acceptors (Lipinski definition) is 4. The standard InChI is InChI=1S/C22H24N2O3S/c1-2-15-7-8-19-16(11-15)12-17(21(25)23-19)13-24(14-18-5-3-9-27-18)22(26)20-6-4-10-28-20/h4,6-8,10-12,18H,2-3,5,9,13-14H2,1H3,(H,23,25)/t18-/m0/s1. The molecule has 1 N–H and O–H groups in total. The average molecular weight is 397 g/mol. The predicted molar refractivity (Wildman–Crippen MR) is 112 cm³/mol. The Morgan fingerprint density at radius 1 is 1.32 bits per heavy atom. The molecule has 6 heteroatoms. The molecule has 0 saturated carbocycles. The highest BCUT2D eigenvalue weighted by Gasteiger charge is 2.25. The van der Waals surface area contributed by atoms with Crippen molar-refractivity contribution in [1.29, 1.82) is 0 Å². The summed E-state index contributed by atoms with van der Waals surface area (Å²) >= 11 is 1.42. The lowest BCUT2D eigenvalue weighted by Gasteiger charge is -2.25. The van der Waals surface area contributed by atoms with Crippen LogP contribution in [0.1, 0.15) is 40.6 Å². The lowest BCUT2D eigenvalue weighted by atomic mass is 10.1. The van der Waals surface area contributed by atoms with Gasteiger partial charge >= 0.3 is 0 Å². The molecule has 1 fully saturated rings. The molecule has 0 radical (unpaired) electrons. The molecular formula is C22H24N2O3S. The normalized spacial score (nSPS) is 16.5. The fraction of sp³-hybridized carbons (Fsp3) is 0.364. The molecule has 28 heavy (non-hydrogen) atoms. The van der Waals surface area contributed by atoms with Gasteiger partial charge in [-0.15, -0.1) is 11.3 Å². The molecule has 0 unspecified atom stereocenters. The maximum atomic E-state index is 13.0. The van der Waals surface area contributed by atoms with E-state index in [1.165, 1.54) is 16.9 Å². The molecule has 146 valence electrons. The number of carbonyl (C=O) groups excluding carboxylic acids is 1. The van der Waals surface area contributed by atoms with E-state index in [0.29, 0.717) is 17.0 Å². The number of nitrogens with zero attached hydrogens (tertiary/aromatic N) is 1. The molecule has 4 rings (SSSR count). The van der Waals surface area contributed by atoms with Gasteiger partial charge in [0.25, 0.3) is 11.5 Å². The fourth-order valence-electron chi connectivity index (χ4n) is 3.65. The first-order valence-electron chi connectivity index (χ1n) is 9.73. The Bertz CT molecular complexity index is 1020. The Labute approximate surface area is 168 Å². The van der Waals surface area contributed by atoms with Gasteiger partial charge in [-0.05, 0) is 59.9 Å². The zero-order valence-corrected chi connectivity index (χ0v) is 16.8. The first-order valence-corrected chi connectivity index (χ1v) is 10.6. The highest BCUT2D eigenvalue weighted by Crippen LogP contribution is 2.20. The largest absolute Gasteiger partial charge is 0.376 e. The van der Waals surface area contributed by atoms with E-state index in [1.54, 1.807) is 4.90 Å². The van der Waals surface area contributed by atoms with Gasteiger partial charge in [-0.2, -0.15) is 0 Å². The number of amides is 1. The predicted octanol–water partition coefficient (Wildman–Crippen LogP) is 3.97. The summed E-state index contributed by atoms with van der Waals surface area (Å²) in [4.78, 5) is 31.1. The quantitative estimate of drug-likeness (QED) is 0.686. The van der Waals surface area contributed by atoms with E-state index in [9.17, 15) is 9.59 Å². The highest BCUT2D eigenvalue weighted by atomic mass is 32.1. The number of thiophene rings is 1. The summed E-state index contributed by atoms with van der Waals surface area (Å²) in [6.07, 6.45) is 2.94. The van der Waals surface area contributed by atoms with Gasteiger partial charge in [0.05, 0.1) is 17.5 Å². The maximum absolute atomic E-state index is 13.0. The molecule has 1 aliphatic rings. The molecule has 0 spiro atoms. The lowest BCUT2D eigenvalue weighted by Crippen LogP contribution is -2.38. The molecular weight excluding hydrogens is 372 g/mol. The molecule has 3 heterocycles. The van der Waals surface area contributed by atoms with Crippen LogP contribution in [-0.2, 0) is 17.7 Å². The number of H-pyrrole nitrogens is 1. The Kier molecular flexibility index (Phi) is 5.59. The van der Waals surface area contributed by atoms with Crippen LogP contribution < -0.4 is 5.56 Å². The number of carbonyl (C=O) groups is 1. The van der Waals surface area contributed by atoms with Gasteiger partial charge in [0, 0.05) is 24.2 Å². The van der Waals surface area contributed by atoms with Crippen molar-refractivity contribution in [1.82, 2.24) is 9.88 Å². The Morgan fingerprint density at radius 2 is 2.21 bits per heavy atom. The molecule has 1 aliphatic heterocycles. The number of aromatic amines is 1. The minimum absolute atomic E-state index is 0.0372. The number of rotatable bonds is 6. The third-order valence-electron chi connectivity index (χ3n) is 5.22. The van der Waals surface area contributed by atoms with Gasteiger partial charge in [-0.1, -0.05) is 19.1 Å². The van der Waals surface area contributed by atoms with Crippen LogP contribution in [0.2, 0.25) is 0 Å². The first-order chi connectivity index (χ1) is 13.6. The number of ether oxygens (including phenoxy) is 1. The third kappa shape index (κ3) is 4.03. The van der Waals surface area contributed by atoms with Gasteiger partial charge < -0.3 is 14.6 Å². The van der Waals surface area contributed by atoms with Crippen molar-refractivity contribution in [3.63, 3.8) is 0 Å². The number of aromatic nitrogens is 1. The Hall–Kier alpha value is -2.44. The second-order valence-electron chi connectivity index (χ2n) is 7.20. The fourth-order valence-corrected chi connectivity index (χ4v) is 4.34. The van der Waals surface area contributed by atoms with E-state index in [1.807, 2.05) is 35.7 Å². The molecule has 0 aliphatic carbocycles. The summed E-state index contributed by atoms with van der Waals surface area (Å²) in [6, 6.07) is 11.7. The number of benzene rings is 1. The summed E-state index contributed by atoms with van der Waals surface area (Å²) in [5, 5.41) is 2.89. The number of nitrogens with one attached hydrogen (secondary N) is 1. The number of pyridine rings is 1. The van der Waals surface area contributed by atoms with Crippen molar-refractivity contribution in [2.75, 3.05) is 13.2 Å². The molecule has 5 nitrogen and oxygen atoms in total. The van der Waals surface area contributed by atoms with Crippen molar-refractivity contribution >= 4 is 28.1 Å². The molecule has 1 atom stereocenters. The second-order valence-corrected chi connectivity index (χ2v) is 8.14. The highest BCUT2D eigenvalue weighted by molar-refractivity contribution is 7.12. The van der Waals surface area contributed by atoms with Gasteiger partial charge in [-0.25, -0.2) is 0 Å². The SMILES string of the molecule is CCc1ccc2[nH]c(=O)c(CN(C[C@@H]3CCCO3)C(=O)c3cccs3)cc2c1. The monoisotopic (exact) mass is 396 g/mol. The lowest BCUT2D eigenvalue weighted by molar-refractivity contribution is 0.0510. The van der Waals surface area contributed by atoms with Crippen LogP contribution in [0.3, 0.4) is 0 Å². The van der Waals surface area contributed by atoms with Crippen molar-refractivity contribution in [3.05, 3.63) is 68.1 Å². The zero-order chi connectivity index (χ0) is 19.5. The first kappa shape index (κ1) is 18.9. The molecule has 0 bridgehead atoms. The summed E-state index contributed by atoms with van der Waals surface area (Å²) in [5.41, 5.74) is 2.49. The van der Waals surface area contributed by atoms with E-state index >= 15 is 0 Å². The summed E-state index contributed by atoms with van der Waals surface area (Å²) in [7, 11) is 0. The van der Waals surface area contributed by atoms with E-state index in [0.717, 1.165) is 36.8 Å². The molecule has 1 aromatic carbocycles. The third-order valence-corrected chi connectivity index (χ3v) is 6.08. The number of aryl methyl sites for hydroxylation is 1. The van der Waals surface area contributed by atoms with Crippen molar-refractivity contribution in [2.45, 2.75) is 38.8 Å².